The highest BCUT2D eigenvalue weighted by atomic mass is 32.1. The van der Waals surface area contributed by atoms with Crippen molar-refractivity contribution >= 4 is 29.3 Å². The van der Waals surface area contributed by atoms with Gasteiger partial charge in [-0.05, 0) is 31.2 Å². The summed E-state index contributed by atoms with van der Waals surface area (Å²) in [6.07, 6.45) is 1.38. The van der Waals surface area contributed by atoms with E-state index in [0.29, 0.717) is 18.9 Å². The molecule has 2 N–H and O–H groups in total. The predicted molar refractivity (Wildman–Crippen MR) is 132 cm³/mol. The lowest BCUT2D eigenvalue weighted by molar-refractivity contribution is -0.123. The Morgan fingerprint density at radius 1 is 1.09 bits per heavy atom. The molecule has 1 aromatic carbocycles. The van der Waals surface area contributed by atoms with Crippen LogP contribution in [0.2, 0.25) is 0 Å². The molecule has 2 aromatic rings. The molecule has 2 rings (SSSR count). The fourth-order valence-electron chi connectivity index (χ4n) is 3.43. The Morgan fingerprint density at radius 2 is 1.82 bits per heavy atom. The van der Waals surface area contributed by atoms with Crippen molar-refractivity contribution in [1.82, 2.24) is 15.6 Å². The van der Waals surface area contributed by atoms with Crippen molar-refractivity contribution < 1.29 is 23.9 Å². The molecule has 1 aromatic heterocycles. The largest absolute Gasteiger partial charge is 0.461 e. The summed E-state index contributed by atoms with van der Waals surface area (Å²) in [5.41, 5.74) is 1.16. The number of esters is 1. The Labute approximate surface area is 205 Å². The van der Waals surface area contributed by atoms with Gasteiger partial charge in [0.1, 0.15) is 12.6 Å². The number of hydrogen-bond donors (Lipinski definition) is 2. The highest BCUT2D eigenvalue weighted by Gasteiger charge is 2.24. The van der Waals surface area contributed by atoms with Crippen LogP contribution in [0, 0.1) is 5.92 Å². The minimum absolute atomic E-state index is 0.0514. The first-order chi connectivity index (χ1) is 16.3. The normalized spacial score (nSPS) is 12.6. The highest BCUT2D eigenvalue weighted by Crippen LogP contribution is 2.26. The second-order valence-corrected chi connectivity index (χ2v) is 9.30. The van der Waals surface area contributed by atoms with Gasteiger partial charge in [0.2, 0.25) is 5.91 Å². The first kappa shape index (κ1) is 27.3. The average Bonchev–Trinajstić information content (AvgIpc) is 3.31. The van der Waals surface area contributed by atoms with E-state index < -0.39 is 18.1 Å². The summed E-state index contributed by atoms with van der Waals surface area (Å²) in [5.74, 6) is -0.396. The minimum Gasteiger partial charge on any atom is -0.461 e. The van der Waals surface area contributed by atoms with Crippen LogP contribution in [-0.2, 0) is 20.9 Å². The molecule has 2 amide bonds. The Kier molecular flexibility index (Phi) is 11.5. The van der Waals surface area contributed by atoms with E-state index in [4.69, 9.17) is 9.47 Å². The molecule has 0 saturated heterocycles. The summed E-state index contributed by atoms with van der Waals surface area (Å²) in [6.45, 7) is 8.67. The maximum atomic E-state index is 12.9. The van der Waals surface area contributed by atoms with E-state index >= 15 is 0 Å². The number of benzene rings is 1. The van der Waals surface area contributed by atoms with Gasteiger partial charge < -0.3 is 20.1 Å². The molecule has 0 fully saturated rings. The number of amides is 2. The zero-order valence-corrected chi connectivity index (χ0v) is 21.2. The van der Waals surface area contributed by atoms with Crippen molar-refractivity contribution in [2.75, 3.05) is 13.2 Å². The lowest BCUT2D eigenvalue weighted by atomic mass is 9.97. The van der Waals surface area contributed by atoms with Gasteiger partial charge >= 0.3 is 12.1 Å². The van der Waals surface area contributed by atoms with E-state index in [0.717, 1.165) is 23.4 Å². The molecule has 0 bridgehead atoms. The van der Waals surface area contributed by atoms with Crippen LogP contribution in [0.3, 0.4) is 0 Å². The number of alkyl carbamates (subject to hydrolysis) is 1. The third-order valence-corrected chi connectivity index (χ3v) is 6.04. The number of carbonyl (C=O) groups is 3. The zero-order valence-electron chi connectivity index (χ0n) is 20.3. The lowest BCUT2D eigenvalue weighted by Gasteiger charge is -2.21. The molecule has 0 aliphatic heterocycles. The molecule has 0 radical (unpaired) electrons. The fourth-order valence-corrected chi connectivity index (χ4v) is 4.33. The van der Waals surface area contributed by atoms with Crippen molar-refractivity contribution in [3.05, 3.63) is 52.0 Å². The minimum atomic E-state index is -0.695. The standard InChI is InChI=1S/C25H35N3O5S/c1-5-10-20(28-25(31)33-15-18-11-8-7-9-12-18)22(29)26-14-19(13-17(3)4)23-27-21(16-34-23)24(30)32-6-2/h7-9,11-12,16-17,19-20H,5-6,10,13-15H2,1-4H3,(H,26,29)(H,28,31)/t19-,20-/m0/s1. The Hall–Kier alpha value is -2.94. The van der Waals surface area contributed by atoms with E-state index in [1.807, 2.05) is 37.3 Å². The monoisotopic (exact) mass is 489 g/mol. The van der Waals surface area contributed by atoms with Crippen LogP contribution < -0.4 is 10.6 Å². The zero-order chi connectivity index (χ0) is 24.9. The highest BCUT2D eigenvalue weighted by molar-refractivity contribution is 7.09. The predicted octanol–water partition coefficient (Wildman–Crippen LogP) is 4.66. The summed E-state index contributed by atoms with van der Waals surface area (Å²) in [4.78, 5) is 41.6. The number of rotatable bonds is 13. The van der Waals surface area contributed by atoms with Gasteiger partial charge in [-0.1, -0.05) is 57.5 Å². The first-order valence-electron chi connectivity index (χ1n) is 11.7. The van der Waals surface area contributed by atoms with Crippen LogP contribution in [0.5, 0.6) is 0 Å². The molecule has 8 nitrogen and oxygen atoms in total. The van der Waals surface area contributed by atoms with Crippen molar-refractivity contribution in [3.8, 4) is 0 Å². The van der Waals surface area contributed by atoms with Crippen molar-refractivity contribution in [1.29, 1.82) is 0 Å². The number of thiazole rings is 1. The quantitative estimate of drug-likeness (QED) is 0.396. The van der Waals surface area contributed by atoms with Crippen molar-refractivity contribution in [2.24, 2.45) is 5.92 Å². The van der Waals surface area contributed by atoms with Crippen molar-refractivity contribution in [3.63, 3.8) is 0 Å². The fraction of sp³-hybridized carbons (Fsp3) is 0.520. The van der Waals surface area contributed by atoms with Crippen LogP contribution in [0.1, 0.15) is 73.9 Å². The van der Waals surface area contributed by atoms with Crippen LogP contribution >= 0.6 is 11.3 Å². The molecule has 0 saturated carbocycles. The molecule has 0 spiro atoms. The van der Waals surface area contributed by atoms with Gasteiger partial charge in [-0.15, -0.1) is 11.3 Å². The third kappa shape index (κ3) is 9.13. The lowest BCUT2D eigenvalue weighted by Crippen LogP contribution is -2.47. The second-order valence-electron chi connectivity index (χ2n) is 8.41. The van der Waals surface area contributed by atoms with Gasteiger partial charge in [-0.3, -0.25) is 4.79 Å². The smallest absolute Gasteiger partial charge is 0.408 e. The summed E-state index contributed by atoms with van der Waals surface area (Å²) in [6, 6.07) is 8.67. The van der Waals surface area contributed by atoms with Gasteiger partial charge in [0, 0.05) is 17.8 Å². The van der Waals surface area contributed by atoms with E-state index in [1.54, 1.807) is 12.3 Å². The van der Waals surface area contributed by atoms with Gasteiger partial charge in [0.25, 0.3) is 0 Å². The number of hydrogen-bond acceptors (Lipinski definition) is 7. The first-order valence-corrected chi connectivity index (χ1v) is 12.6. The number of carbonyl (C=O) groups excluding carboxylic acids is 3. The Morgan fingerprint density at radius 3 is 2.47 bits per heavy atom. The summed E-state index contributed by atoms with van der Waals surface area (Å²) in [7, 11) is 0. The molecular weight excluding hydrogens is 454 g/mol. The molecule has 9 heteroatoms. The van der Waals surface area contributed by atoms with Crippen LogP contribution in [0.4, 0.5) is 4.79 Å². The third-order valence-electron chi connectivity index (χ3n) is 5.03. The van der Waals surface area contributed by atoms with Gasteiger partial charge in [-0.2, -0.15) is 0 Å². The van der Waals surface area contributed by atoms with Gasteiger partial charge in [0.15, 0.2) is 5.69 Å². The van der Waals surface area contributed by atoms with Crippen LogP contribution in [0.25, 0.3) is 0 Å². The SMILES string of the molecule is CCC[C@H](NC(=O)OCc1ccccc1)C(=O)NC[C@H](CC(C)C)c1nc(C(=O)OCC)cs1. The van der Waals surface area contributed by atoms with Gasteiger partial charge in [0.05, 0.1) is 11.6 Å². The molecule has 0 aliphatic rings. The Balaban J connectivity index is 1.96. The van der Waals surface area contributed by atoms with Gasteiger partial charge in [-0.25, -0.2) is 14.6 Å². The molecule has 1 heterocycles. The van der Waals surface area contributed by atoms with E-state index in [9.17, 15) is 14.4 Å². The van der Waals surface area contributed by atoms with E-state index in [1.165, 1.54) is 11.3 Å². The molecule has 0 aliphatic carbocycles. The summed E-state index contributed by atoms with van der Waals surface area (Å²) in [5, 5.41) is 8.10. The number of aromatic nitrogens is 1. The number of ether oxygens (including phenoxy) is 2. The van der Waals surface area contributed by atoms with Crippen LogP contribution in [0.15, 0.2) is 35.7 Å². The molecular formula is C25H35N3O5S. The maximum absolute atomic E-state index is 12.9. The van der Waals surface area contributed by atoms with Crippen molar-refractivity contribution in [2.45, 2.75) is 65.5 Å². The maximum Gasteiger partial charge on any atom is 0.408 e. The second kappa shape index (κ2) is 14.3. The summed E-state index contributed by atoms with van der Waals surface area (Å²) >= 11 is 1.39. The number of nitrogens with one attached hydrogen (secondary N) is 2. The van der Waals surface area contributed by atoms with Crippen LogP contribution in [-0.4, -0.2) is 42.1 Å². The number of nitrogens with zero attached hydrogens (tertiary/aromatic N) is 1. The molecule has 186 valence electrons. The molecule has 34 heavy (non-hydrogen) atoms. The van der Waals surface area contributed by atoms with E-state index in [-0.39, 0.29) is 30.7 Å². The molecule has 0 unspecified atom stereocenters. The Bertz CT molecular complexity index is 916. The average molecular weight is 490 g/mol. The topological polar surface area (TPSA) is 107 Å². The van der Waals surface area contributed by atoms with E-state index in [2.05, 4.69) is 29.5 Å². The summed E-state index contributed by atoms with van der Waals surface area (Å²) < 4.78 is 10.3. The molecule has 2 atom stereocenters.